The summed E-state index contributed by atoms with van der Waals surface area (Å²) in [6, 6.07) is 26.2. The standard InChI is InChI=1S/C27H32O3Si/c1-20(28)24-18-26(30-6)25(29-5)17-21(24)19-31(27(2,3)4,22-13-9-7-10-14-22)23-15-11-8-12-16-23/h7-18H,19H2,1-6H3. The van der Waals surface area contributed by atoms with Crippen molar-refractivity contribution in [2.45, 2.75) is 38.8 Å². The van der Waals surface area contributed by atoms with Crippen LogP contribution in [0, 0.1) is 0 Å². The number of hydrogen-bond acceptors (Lipinski definition) is 3. The molecule has 0 N–H and O–H groups in total. The Bertz CT molecular complexity index is 998. The molecule has 0 amide bonds. The average molecular weight is 433 g/mol. The topological polar surface area (TPSA) is 35.5 Å². The molecule has 0 saturated carbocycles. The van der Waals surface area contributed by atoms with Crippen LogP contribution in [0.3, 0.4) is 0 Å². The van der Waals surface area contributed by atoms with Crippen molar-refractivity contribution in [2.24, 2.45) is 0 Å². The second-order valence-electron chi connectivity index (χ2n) is 8.98. The van der Waals surface area contributed by atoms with Gasteiger partial charge in [-0.3, -0.25) is 4.79 Å². The van der Waals surface area contributed by atoms with E-state index in [1.807, 2.05) is 12.1 Å². The molecule has 0 aliphatic carbocycles. The van der Waals surface area contributed by atoms with Gasteiger partial charge in [0.1, 0.15) is 8.07 Å². The fraction of sp³-hybridized carbons (Fsp3) is 0.296. The molecular formula is C27H32O3Si. The van der Waals surface area contributed by atoms with Crippen LogP contribution in [0.15, 0.2) is 72.8 Å². The van der Waals surface area contributed by atoms with E-state index in [0.717, 1.165) is 11.6 Å². The van der Waals surface area contributed by atoms with Crippen LogP contribution in [0.2, 0.25) is 5.04 Å². The number of methoxy groups -OCH3 is 2. The monoisotopic (exact) mass is 432 g/mol. The molecule has 3 aromatic rings. The minimum absolute atomic E-state index is 0.00305. The van der Waals surface area contributed by atoms with Crippen molar-refractivity contribution < 1.29 is 14.3 Å². The van der Waals surface area contributed by atoms with Gasteiger partial charge in [0.15, 0.2) is 17.3 Å². The van der Waals surface area contributed by atoms with Gasteiger partial charge in [-0.05, 0) is 35.7 Å². The Morgan fingerprint density at radius 2 is 1.26 bits per heavy atom. The molecule has 31 heavy (non-hydrogen) atoms. The maximum absolute atomic E-state index is 12.7. The largest absolute Gasteiger partial charge is 0.493 e. The van der Waals surface area contributed by atoms with E-state index in [1.54, 1.807) is 21.1 Å². The van der Waals surface area contributed by atoms with E-state index in [0.29, 0.717) is 17.1 Å². The molecule has 0 atom stereocenters. The Hall–Kier alpha value is -2.85. The van der Waals surface area contributed by atoms with E-state index in [2.05, 4.69) is 81.4 Å². The highest BCUT2D eigenvalue weighted by atomic mass is 28.3. The fourth-order valence-electron chi connectivity index (χ4n) is 4.63. The lowest BCUT2D eigenvalue weighted by molar-refractivity contribution is 0.101. The molecular weight excluding hydrogens is 400 g/mol. The van der Waals surface area contributed by atoms with E-state index in [-0.39, 0.29) is 10.8 Å². The van der Waals surface area contributed by atoms with Crippen molar-refractivity contribution in [1.82, 2.24) is 0 Å². The molecule has 0 aliphatic rings. The summed E-state index contributed by atoms with van der Waals surface area (Å²) in [4.78, 5) is 12.7. The summed E-state index contributed by atoms with van der Waals surface area (Å²) in [6.07, 6.45) is 0. The summed E-state index contributed by atoms with van der Waals surface area (Å²) < 4.78 is 11.1. The lowest BCUT2D eigenvalue weighted by atomic mass is 10.0. The summed E-state index contributed by atoms with van der Waals surface area (Å²) in [7, 11) is 0.858. The first kappa shape index (κ1) is 22.8. The van der Waals surface area contributed by atoms with Gasteiger partial charge in [0, 0.05) is 5.56 Å². The molecule has 0 unspecified atom stereocenters. The first-order valence-corrected chi connectivity index (χ1v) is 12.8. The molecule has 0 spiro atoms. The predicted octanol–water partition coefficient (Wildman–Crippen LogP) is 5.05. The van der Waals surface area contributed by atoms with Crippen LogP contribution in [-0.2, 0) is 6.04 Å². The highest BCUT2D eigenvalue weighted by Gasteiger charge is 2.47. The molecule has 0 aliphatic heterocycles. The van der Waals surface area contributed by atoms with Crippen molar-refractivity contribution in [3.63, 3.8) is 0 Å². The Morgan fingerprint density at radius 3 is 1.65 bits per heavy atom. The molecule has 0 radical (unpaired) electrons. The van der Waals surface area contributed by atoms with Crippen molar-refractivity contribution in [3.8, 4) is 11.5 Å². The van der Waals surface area contributed by atoms with Crippen LogP contribution >= 0.6 is 0 Å². The predicted molar refractivity (Wildman–Crippen MR) is 131 cm³/mol. The van der Waals surface area contributed by atoms with Crippen LogP contribution in [0.4, 0.5) is 0 Å². The Labute approximate surface area is 187 Å². The highest BCUT2D eigenvalue weighted by molar-refractivity contribution is 7.03. The second-order valence-corrected chi connectivity index (χ2v) is 13.8. The summed E-state index contributed by atoms with van der Waals surface area (Å²) >= 11 is 0. The van der Waals surface area contributed by atoms with Crippen molar-refractivity contribution >= 4 is 24.2 Å². The van der Waals surface area contributed by atoms with Gasteiger partial charge in [0.2, 0.25) is 0 Å². The first-order valence-electron chi connectivity index (χ1n) is 10.6. The normalized spacial score (nSPS) is 11.8. The lowest BCUT2D eigenvalue weighted by Crippen LogP contribution is -2.66. The van der Waals surface area contributed by atoms with Crippen LogP contribution < -0.4 is 19.8 Å². The van der Waals surface area contributed by atoms with Crippen LogP contribution in [0.5, 0.6) is 11.5 Å². The average Bonchev–Trinajstić information content (AvgIpc) is 2.77. The third-order valence-corrected chi connectivity index (χ3v) is 12.4. The molecule has 0 bridgehead atoms. The fourth-order valence-corrected chi connectivity index (χ4v) is 10.0. The molecule has 0 fully saturated rings. The van der Waals surface area contributed by atoms with Gasteiger partial charge in [-0.25, -0.2) is 0 Å². The van der Waals surface area contributed by atoms with E-state index >= 15 is 0 Å². The first-order chi connectivity index (χ1) is 14.7. The minimum atomic E-state index is -2.38. The number of benzene rings is 3. The van der Waals surface area contributed by atoms with E-state index < -0.39 is 8.07 Å². The summed E-state index contributed by atoms with van der Waals surface area (Å²) in [6.45, 7) is 8.60. The number of Topliss-reactive ketones (excluding diaryl/α,β-unsaturated/α-hetero) is 1. The van der Waals surface area contributed by atoms with Crippen molar-refractivity contribution in [1.29, 1.82) is 0 Å². The van der Waals surface area contributed by atoms with Crippen LogP contribution in [-0.4, -0.2) is 28.1 Å². The Morgan fingerprint density at radius 1 is 0.806 bits per heavy atom. The quantitative estimate of drug-likeness (QED) is 0.387. The van der Waals surface area contributed by atoms with E-state index in [1.165, 1.54) is 10.4 Å². The van der Waals surface area contributed by atoms with E-state index in [9.17, 15) is 4.79 Å². The zero-order chi connectivity index (χ0) is 22.6. The van der Waals surface area contributed by atoms with Gasteiger partial charge < -0.3 is 9.47 Å². The summed E-state index contributed by atoms with van der Waals surface area (Å²) in [5.74, 6) is 1.27. The smallest absolute Gasteiger partial charge is 0.161 e. The maximum atomic E-state index is 12.7. The van der Waals surface area contributed by atoms with Gasteiger partial charge in [-0.15, -0.1) is 0 Å². The number of ketones is 1. The third-order valence-electron chi connectivity index (χ3n) is 6.26. The number of rotatable bonds is 7. The highest BCUT2D eigenvalue weighted by Crippen LogP contribution is 2.40. The molecule has 3 rings (SSSR count). The van der Waals surface area contributed by atoms with Gasteiger partial charge in [-0.1, -0.05) is 91.8 Å². The second kappa shape index (κ2) is 9.11. The number of carbonyl (C=O) groups is 1. The number of ether oxygens (including phenoxy) is 2. The van der Waals surface area contributed by atoms with Crippen molar-refractivity contribution in [2.75, 3.05) is 14.2 Å². The van der Waals surface area contributed by atoms with E-state index in [4.69, 9.17) is 9.47 Å². The number of hydrogen-bond donors (Lipinski definition) is 0. The molecule has 4 heteroatoms. The zero-order valence-electron chi connectivity index (χ0n) is 19.4. The Balaban J connectivity index is 2.34. The van der Waals surface area contributed by atoms with Gasteiger partial charge in [0.05, 0.1) is 14.2 Å². The summed E-state index contributed by atoms with van der Waals surface area (Å²) in [5.41, 5.74) is 1.71. The zero-order valence-corrected chi connectivity index (χ0v) is 20.4. The molecule has 0 aromatic heterocycles. The van der Waals surface area contributed by atoms with Gasteiger partial charge in [0.25, 0.3) is 0 Å². The van der Waals surface area contributed by atoms with Crippen LogP contribution in [0.25, 0.3) is 0 Å². The lowest BCUT2D eigenvalue weighted by Gasteiger charge is -2.44. The maximum Gasteiger partial charge on any atom is 0.161 e. The molecule has 0 heterocycles. The van der Waals surface area contributed by atoms with Crippen molar-refractivity contribution in [3.05, 3.63) is 83.9 Å². The van der Waals surface area contributed by atoms with Crippen LogP contribution in [0.1, 0.15) is 43.6 Å². The SMILES string of the molecule is COc1cc(C[Si](c2ccccc2)(c2ccccc2)C(C)(C)C)c(C(C)=O)cc1OC. The minimum Gasteiger partial charge on any atom is -0.493 e. The molecule has 162 valence electrons. The molecule has 3 nitrogen and oxygen atoms in total. The van der Waals surface area contributed by atoms with Gasteiger partial charge in [-0.2, -0.15) is 0 Å². The molecule has 0 saturated heterocycles. The van der Waals surface area contributed by atoms with Gasteiger partial charge >= 0.3 is 0 Å². The molecule has 3 aromatic carbocycles. The third kappa shape index (κ3) is 4.31. The summed E-state index contributed by atoms with van der Waals surface area (Å²) in [5, 5.41) is 2.72. The number of carbonyl (C=O) groups excluding carboxylic acids is 1. The Kier molecular flexibility index (Phi) is 6.70.